The summed E-state index contributed by atoms with van der Waals surface area (Å²) in [6.07, 6.45) is 7.34. The Morgan fingerprint density at radius 1 is 0.864 bits per heavy atom. The van der Waals surface area contributed by atoms with Gasteiger partial charge in [-0.05, 0) is 81.2 Å². The molecule has 2 aliphatic heterocycles. The summed E-state index contributed by atoms with van der Waals surface area (Å²) in [5, 5.41) is 9.68. The Kier molecular flexibility index (Phi) is 12.8. The van der Waals surface area contributed by atoms with Gasteiger partial charge >= 0.3 is 6.09 Å². The lowest BCUT2D eigenvalue weighted by Gasteiger charge is -2.44. The highest BCUT2D eigenvalue weighted by Gasteiger charge is 2.45. The van der Waals surface area contributed by atoms with Crippen molar-refractivity contribution in [1.29, 1.82) is 0 Å². The number of aromatic nitrogens is 3. The van der Waals surface area contributed by atoms with Gasteiger partial charge in [-0.3, -0.25) is 9.59 Å². The highest BCUT2D eigenvalue weighted by Crippen LogP contribution is 2.43. The molecular weight excluding hydrogens is 846 g/mol. The van der Waals surface area contributed by atoms with Gasteiger partial charge in [-0.2, -0.15) is 5.10 Å². The first-order chi connectivity index (χ1) is 32.1. The van der Waals surface area contributed by atoms with E-state index in [-0.39, 0.29) is 41.2 Å². The number of aryl methyl sites for hydroxylation is 1. The maximum atomic E-state index is 15.2. The van der Waals surface area contributed by atoms with Crippen molar-refractivity contribution in [2.75, 3.05) is 41.0 Å². The molecule has 3 amide bonds. The fraction of sp³-hybridized carbons (Fsp3) is 0.440. The number of H-pyrrole nitrogens is 1. The number of hydrogen-bond donors (Lipinski definition) is 2. The van der Waals surface area contributed by atoms with E-state index in [0.717, 1.165) is 55.4 Å². The minimum absolute atomic E-state index is 0.0120. The number of fused-ring (bicyclic) bond motifs is 2. The number of nitrogens with one attached hydrogen (secondary N) is 2. The van der Waals surface area contributed by atoms with Crippen LogP contribution >= 0.6 is 0 Å². The number of rotatable bonds is 14. The Hall–Kier alpha value is -6.71. The second-order valence-electron chi connectivity index (χ2n) is 17.8. The quantitative estimate of drug-likeness (QED) is 0.111. The van der Waals surface area contributed by atoms with E-state index < -0.39 is 23.9 Å². The lowest BCUT2D eigenvalue weighted by molar-refractivity contribution is -0.143. The van der Waals surface area contributed by atoms with Crippen LogP contribution in [0.1, 0.15) is 81.0 Å². The second kappa shape index (κ2) is 19.0. The largest absolute Gasteiger partial charge is 0.494 e. The fourth-order valence-electron chi connectivity index (χ4n) is 9.73. The number of benzene rings is 3. The van der Waals surface area contributed by atoms with Crippen molar-refractivity contribution in [2.45, 2.75) is 83.2 Å². The molecule has 4 aliphatic rings. The first-order valence-electron chi connectivity index (χ1n) is 22.9. The number of aromatic amines is 1. The van der Waals surface area contributed by atoms with Crippen molar-refractivity contribution in [3.8, 4) is 40.0 Å². The molecule has 9 rings (SSSR count). The van der Waals surface area contributed by atoms with Gasteiger partial charge in [0.15, 0.2) is 28.8 Å². The molecule has 3 aromatic carbocycles. The Balaban J connectivity index is 0.942. The average molecular weight is 902 g/mol. The van der Waals surface area contributed by atoms with Gasteiger partial charge in [-0.25, -0.2) is 24.2 Å². The van der Waals surface area contributed by atoms with E-state index in [9.17, 15) is 14.4 Å². The van der Waals surface area contributed by atoms with Crippen molar-refractivity contribution >= 4 is 34.7 Å². The molecule has 66 heavy (non-hydrogen) atoms. The molecule has 2 aromatic heterocycles. The van der Waals surface area contributed by atoms with E-state index in [4.69, 9.17) is 28.8 Å². The first kappa shape index (κ1) is 44.5. The molecule has 15 nitrogen and oxygen atoms in total. The molecule has 4 atom stereocenters. The molecule has 0 unspecified atom stereocenters. The predicted molar refractivity (Wildman–Crippen MR) is 245 cm³/mol. The molecule has 2 N–H and O–H groups in total. The molecule has 1 saturated heterocycles. The Labute approximate surface area is 383 Å². The first-order valence-corrected chi connectivity index (χ1v) is 22.9. The number of amides is 3. The van der Waals surface area contributed by atoms with Crippen LogP contribution in [0.4, 0.5) is 9.18 Å². The zero-order valence-corrected chi connectivity index (χ0v) is 38.0. The normalized spacial score (nSPS) is 19.7. The number of ether oxygens (including phenoxy) is 5. The summed E-state index contributed by atoms with van der Waals surface area (Å²) in [6.45, 7) is 4.82. The molecule has 0 spiro atoms. The van der Waals surface area contributed by atoms with Gasteiger partial charge in [0.25, 0.3) is 0 Å². The van der Waals surface area contributed by atoms with E-state index in [1.165, 1.54) is 25.6 Å². The van der Waals surface area contributed by atoms with E-state index in [0.29, 0.717) is 83.7 Å². The summed E-state index contributed by atoms with van der Waals surface area (Å²) in [4.78, 5) is 56.8. The molecule has 346 valence electrons. The summed E-state index contributed by atoms with van der Waals surface area (Å²) >= 11 is 0. The van der Waals surface area contributed by atoms with Gasteiger partial charge in [0.2, 0.25) is 11.8 Å². The number of nitrogens with zero attached hydrogens (tertiary/aromatic N) is 5. The Bertz CT molecular complexity index is 2640. The van der Waals surface area contributed by atoms with E-state index in [1.54, 1.807) is 31.1 Å². The molecule has 16 heteroatoms. The third kappa shape index (κ3) is 8.84. The molecule has 2 aliphatic carbocycles. The van der Waals surface area contributed by atoms with Crippen molar-refractivity contribution in [3.05, 3.63) is 89.6 Å². The zero-order valence-electron chi connectivity index (χ0n) is 38.0. The topological polar surface area (TPSA) is 170 Å². The van der Waals surface area contributed by atoms with Crippen LogP contribution in [0, 0.1) is 30.5 Å². The molecule has 0 radical (unpaired) electrons. The fourth-order valence-corrected chi connectivity index (χ4v) is 9.73. The number of likely N-dealkylation sites (tertiary alicyclic amines) is 1. The summed E-state index contributed by atoms with van der Waals surface area (Å²) in [7, 11) is 4.60. The van der Waals surface area contributed by atoms with Gasteiger partial charge in [0.1, 0.15) is 29.3 Å². The van der Waals surface area contributed by atoms with Gasteiger partial charge < -0.3 is 38.9 Å². The van der Waals surface area contributed by atoms with Crippen LogP contribution in [0.15, 0.2) is 72.1 Å². The van der Waals surface area contributed by atoms with Crippen molar-refractivity contribution < 1.29 is 42.5 Å². The molecule has 0 bridgehead atoms. The smallest absolute Gasteiger partial charge is 0.413 e. The van der Waals surface area contributed by atoms with Crippen molar-refractivity contribution in [2.24, 2.45) is 22.9 Å². The average Bonchev–Trinajstić information content (AvgIpc) is 4.13. The number of halogens is 1. The van der Waals surface area contributed by atoms with E-state index >= 15 is 4.39 Å². The van der Waals surface area contributed by atoms with Gasteiger partial charge in [-0.15, -0.1) is 0 Å². The van der Waals surface area contributed by atoms with Crippen molar-refractivity contribution in [1.82, 2.24) is 30.2 Å². The predicted octanol–water partition coefficient (Wildman–Crippen LogP) is 8.19. The summed E-state index contributed by atoms with van der Waals surface area (Å²) in [6, 6.07) is 16.9. The van der Waals surface area contributed by atoms with Crippen LogP contribution in [-0.2, 0) is 9.59 Å². The van der Waals surface area contributed by atoms with E-state index in [1.807, 2.05) is 55.5 Å². The number of piperidine rings is 1. The molecule has 2 saturated carbocycles. The number of methoxy groups -OCH3 is 3. The standard InChI is InChI=1S/C50H56FN7O8/c1-28(31-11-7-6-8-12-31)42(55-50(61)66-47-29(2)54-45-44(52-27-53-46(45)47)36-24-37(51)40(63-4)25-39(36)65-26-30-15-16-30)49(60)57-21-19-33(20-22-57)58-48(59)35-14-10-9-13-34(35)43(56-58)32-17-18-38(62-3)41(23-32)64-5/h6-8,11-12,17-18,23-25,27-28,30,33-35,42,54H,9-10,13-16,19-22,26H2,1-5H3,(H,55,61)/t28-,34+,35-,42-/m1/s1. The minimum atomic E-state index is -1.00. The Morgan fingerprint density at radius 3 is 2.30 bits per heavy atom. The third-order valence-corrected chi connectivity index (χ3v) is 13.6. The van der Waals surface area contributed by atoms with Gasteiger partial charge in [0, 0.05) is 48.0 Å². The Morgan fingerprint density at radius 2 is 1.59 bits per heavy atom. The van der Waals surface area contributed by atoms with Crippen LogP contribution in [0.5, 0.6) is 28.7 Å². The highest BCUT2D eigenvalue weighted by atomic mass is 19.1. The number of carbonyl (C=O) groups excluding carboxylic acids is 3. The highest BCUT2D eigenvalue weighted by molar-refractivity contribution is 6.07. The summed E-state index contributed by atoms with van der Waals surface area (Å²) in [5.74, 6) is 0.825. The number of hydrogen-bond acceptors (Lipinski definition) is 11. The molecular formula is C50H56FN7O8. The maximum absolute atomic E-state index is 15.2. The lowest BCUT2D eigenvalue weighted by Crippen LogP contribution is -2.56. The molecule has 5 aromatic rings. The van der Waals surface area contributed by atoms with Gasteiger partial charge in [-0.1, -0.05) is 50.1 Å². The maximum Gasteiger partial charge on any atom is 0.413 e. The number of carbonyl (C=O) groups is 3. The van der Waals surface area contributed by atoms with Crippen LogP contribution in [0.25, 0.3) is 22.3 Å². The minimum Gasteiger partial charge on any atom is -0.494 e. The van der Waals surface area contributed by atoms with E-state index in [2.05, 4.69) is 20.3 Å². The van der Waals surface area contributed by atoms with Gasteiger partial charge in [0.05, 0.1) is 50.9 Å². The summed E-state index contributed by atoms with van der Waals surface area (Å²) < 4.78 is 43.7. The third-order valence-electron chi connectivity index (χ3n) is 13.6. The van der Waals surface area contributed by atoms with Crippen LogP contribution < -0.4 is 29.0 Å². The molecule has 4 heterocycles. The molecule has 3 fully saturated rings. The van der Waals surface area contributed by atoms with Crippen molar-refractivity contribution in [3.63, 3.8) is 0 Å². The second-order valence-corrected chi connectivity index (χ2v) is 17.8. The number of hydrazone groups is 1. The SMILES string of the molecule is COc1cc(OCC2CC2)c(-c2ncnc3c(OC(=O)N[C@@H](C(=O)N4CCC(N5N=C(c6ccc(OC)c(OC)c6)[C@H]6CCCC[C@H]6C5=O)CC4)[C@H](C)c4ccccc4)c(C)[nH]c23)cc1F. The lowest BCUT2D eigenvalue weighted by atomic mass is 9.73. The van der Waals surface area contributed by atoms with Crippen LogP contribution in [0.2, 0.25) is 0 Å². The summed E-state index contributed by atoms with van der Waals surface area (Å²) in [5.41, 5.74) is 4.56. The monoisotopic (exact) mass is 901 g/mol. The van der Waals surface area contributed by atoms with Crippen LogP contribution in [-0.4, -0.2) is 102 Å². The van der Waals surface area contributed by atoms with Crippen LogP contribution in [0.3, 0.4) is 0 Å². The zero-order chi connectivity index (χ0) is 46.1.